The molecule has 0 amide bonds. The standard InChI is InChI=1S/C21H20N4O/c1-2-15-8-10-16(11-9-15)12-13-18-14-19(26)25-21(22-18)23-20(24-25)17-6-4-3-5-7-17/h3-11,14H,2,12-13H2,1H3,(H,22,23,24). The highest BCUT2D eigenvalue weighted by molar-refractivity contribution is 5.56. The van der Waals surface area contributed by atoms with Gasteiger partial charge in [-0.25, -0.2) is 0 Å². The molecule has 0 unspecified atom stereocenters. The minimum atomic E-state index is -0.162. The molecule has 26 heavy (non-hydrogen) atoms. The number of benzene rings is 2. The quantitative estimate of drug-likeness (QED) is 0.603. The molecule has 0 aliphatic heterocycles. The number of H-pyrrole nitrogens is 1. The van der Waals surface area contributed by atoms with Crippen molar-refractivity contribution in [2.45, 2.75) is 26.2 Å². The summed E-state index contributed by atoms with van der Waals surface area (Å²) in [6.07, 6.45) is 2.67. The summed E-state index contributed by atoms with van der Waals surface area (Å²) in [6, 6.07) is 19.9. The maximum Gasteiger partial charge on any atom is 0.275 e. The van der Waals surface area contributed by atoms with Crippen LogP contribution in [0.15, 0.2) is 65.5 Å². The predicted octanol–water partition coefficient (Wildman–Crippen LogP) is 3.43. The number of aromatic nitrogens is 4. The molecule has 0 fully saturated rings. The van der Waals surface area contributed by atoms with Crippen LogP contribution in [-0.2, 0) is 19.3 Å². The Hall–Kier alpha value is -3.21. The average Bonchev–Trinajstić information content (AvgIpc) is 3.12. The molecule has 1 N–H and O–H groups in total. The van der Waals surface area contributed by atoms with Gasteiger partial charge in [-0.1, -0.05) is 61.5 Å². The predicted molar refractivity (Wildman–Crippen MR) is 102 cm³/mol. The molecule has 130 valence electrons. The van der Waals surface area contributed by atoms with Gasteiger partial charge in [-0.3, -0.25) is 4.79 Å². The summed E-state index contributed by atoms with van der Waals surface area (Å²) in [5.41, 5.74) is 4.19. The number of hydrogen-bond acceptors (Lipinski definition) is 3. The van der Waals surface area contributed by atoms with Crippen molar-refractivity contribution in [2.75, 3.05) is 0 Å². The molecule has 0 saturated carbocycles. The molecule has 0 atom stereocenters. The van der Waals surface area contributed by atoms with Gasteiger partial charge in [0.25, 0.3) is 5.56 Å². The molecule has 0 aliphatic carbocycles. The van der Waals surface area contributed by atoms with Crippen LogP contribution in [0.2, 0.25) is 0 Å². The number of hydrogen-bond donors (Lipinski definition) is 1. The number of fused-ring (bicyclic) bond motifs is 1. The van der Waals surface area contributed by atoms with Gasteiger partial charge in [0.1, 0.15) is 0 Å². The summed E-state index contributed by atoms with van der Waals surface area (Å²) >= 11 is 0. The number of rotatable bonds is 5. The third kappa shape index (κ3) is 3.28. The molecule has 0 spiro atoms. The Labute approximate surface area is 151 Å². The van der Waals surface area contributed by atoms with Crippen molar-refractivity contribution in [1.82, 2.24) is 19.6 Å². The lowest BCUT2D eigenvalue weighted by Gasteiger charge is -2.04. The number of aryl methyl sites for hydroxylation is 3. The molecule has 0 radical (unpaired) electrons. The van der Waals surface area contributed by atoms with Gasteiger partial charge in [-0.2, -0.15) is 9.50 Å². The lowest BCUT2D eigenvalue weighted by Crippen LogP contribution is -2.16. The third-order valence-corrected chi connectivity index (χ3v) is 4.53. The van der Waals surface area contributed by atoms with Crippen LogP contribution in [0, 0.1) is 0 Å². The number of nitrogens with zero attached hydrogens (tertiary/aromatic N) is 3. The molecule has 5 heteroatoms. The molecule has 4 rings (SSSR count). The lowest BCUT2D eigenvalue weighted by atomic mass is 10.1. The summed E-state index contributed by atoms with van der Waals surface area (Å²) in [5, 5.41) is 4.32. The Bertz CT molecular complexity index is 1080. The van der Waals surface area contributed by atoms with Crippen molar-refractivity contribution in [3.63, 3.8) is 0 Å². The van der Waals surface area contributed by atoms with Crippen LogP contribution in [0.3, 0.4) is 0 Å². The zero-order chi connectivity index (χ0) is 17.9. The van der Waals surface area contributed by atoms with Crippen molar-refractivity contribution in [3.05, 3.63) is 87.8 Å². The molecular formula is C21H20N4O. The SMILES string of the molecule is CCc1ccc(CCc2cc(=O)n3nc(-c4ccccc4)nc3[nH]2)cc1. The fraction of sp³-hybridized carbons (Fsp3) is 0.190. The second-order valence-electron chi connectivity index (χ2n) is 6.34. The van der Waals surface area contributed by atoms with Crippen LogP contribution >= 0.6 is 0 Å². The summed E-state index contributed by atoms with van der Waals surface area (Å²) in [7, 11) is 0. The smallest absolute Gasteiger partial charge is 0.275 e. The molecule has 0 aliphatic rings. The first-order valence-corrected chi connectivity index (χ1v) is 8.85. The Morgan fingerprint density at radius 1 is 0.962 bits per heavy atom. The maximum atomic E-state index is 12.4. The molecular weight excluding hydrogens is 324 g/mol. The van der Waals surface area contributed by atoms with Crippen molar-refractivity contribution in [2.24, 2.45) is 0 Å². The van der Waals surface area contributed by atoms with Crippen LogP contribution in [0.1, 0.15) is 23.7 Å². The van der Waals surface area contributed by atoms with E-state index >= 15 is 0 Å². The average molecular weight is 344 g/mol. The van der Waals surface area contributed by atoms with E-state index in [0.717, 1.165) is 30.5 Å². The highest BCUT2D eigenvalue weighted by atomic mass is 16.1. The highest BCUT2D eigenvalue weighted by Gasteiger charge is 2.10. The van der Waals surface area contributed by atoms with Crippen LogP contribution < -0.4 is 5.56 Å². The van der Waals surface area contributed by atoms with Crippen LogP contribution in [0.5, 0.6) is 0 Å². The lowest BCUT2D eigenvalue weighted by molar-refractivity contribution is 0.851. The Morgan fingerprint density at radius 2 is 1.69 bits per heavy atom. The summed E-state index contributed by atoms with van der Waals surface area (Å²) in [5.74, 6) is 1.03. The fourth-order valence-corrected chi connectivity index (χ4v) is 3.00. The maximum absolute atomic E-state index is 12.4. The topological polar surface area (TPSA) is 63.1 Å². The van der Waals surface area contributed by atoms with Crippen molar-refractivity contribution in [1.29, 1.82) is 0 Å². The molecule has 2 heterocycles. The van der Waals surface area contributed by atoms with E-state index in [4.69, 9.17) is 0 Å². The van der Waals surface area contributed by atoms with E-state index in [0.29, 0.717) is 11.6 Å². The van der Waals surface area contributed by atoms with Gasteiger partial charge in [-0.15, -0.1) is 5.10 Å². The van der Waals surface area contributed by atoms with Gasteiger partial charge in [0.15, 0.2) is 5.82 Å². The van der Waals surface area contributed by atoms with Gasteiger partial charge in [-0.05, 0) is 30.4 Å². The third-order valence-electron chi connectivity index (χ3n) is 4.53. The van der Waals surface area contributed by atoms with Gasteiger partial charge in [0.2, 0.25) is 5.78 Å². The van der Waals surface area contributed by atoms with E-state index in [9.17, 15) is 4.79 Å². The van der Waals surface area contributed by atoms with Crippen LogP contribution in [0.25, 0.3) is 17.2 Å². The van der Waals surface area contributed by atoms with Crippen molar-refractivity contribution in [3.8, 4) is 11.4 Å². The second-order valence-corrected chi connectivity index (χ2v) is 6.34. The van der Waals surface area contributed by atoms with Crippen LogP contribution in [0.4, 0.5) is 0 Å². The molecule has 5 nitrogen and oxygen atoms in total. The van der Waals surface area contributed by atoms with Gasteiger partial charge >= 0.3 is 0 Å². The largest absolute Gasteiger partial charge is 0.327 e. The minimum Gasteiger partial charge on any atom is -0.327 e. The van der Waals surface area contributed by atoms with E-state index in [-0.39, 0.29) is 5.56 Å². The second kappa shape index (κ2) is 6.96. The van der Waals surface area contributed by atoms with Crippen molar-refractivity contribution < 1.29 is 0 Å². The first kappa shape index (κ1) is 16.3. The van der Waals surface area contributed by atoms with Gasteiger partial charge in [0, 0.05) is 17.3 Å². The first-order valence-electron chi connectivity index (χ1n) is 8.85. The first-order chi connectivity index (χ1) is 12.7. The molecule has 0 saturated heterocycles. The zero-order valence-corrected chi connectivity index (χ0v) is 14.6. The van der Waals surface area contributed by atoms with E-state index in [1.807, 2.05) is 30.3 Å². The minimum absolute atomic E-state index is 0.162. The normalized spacial score (nSPS) is 11.1. The van der Waals surface area contributed by atoms with Crippen molar-refractivity contribution >= 4 is 5.78 Å². The van der Waals surface area contributed by atoms with Crippen LogP contribution in [-0.4, -0.2) is 19.6 Å². The van der Waals surface area contributed by atoms with E-state index in [1.165, 1.54) is 15.6 Å². The molecule has 4 aromatic rings. The molecule has 2 aromatic carbocycles. The number of nitrogens with one attached hydrogen (secondary N) is 1. The fourth-order valence-electron chi connectivity index (χ4n) is 3.00. The van der Waals surface area contributed by atoms with E-state index < -0.39 is 0 Å². The van der Waals surface area contributed by atoms with E-state index in [2.05, 4.69) is 46.3 Å². The monoisotopic (exact) mass is 344 g/mol. The summed E-state index contributed by atoms with van der Waals surface area (Å²) in [4.78, 5) is 20.1. The molecule has 0 bridgehead atoms. The van der Waals surface area contributed by atoms with Gasteiger partial charge < -0.3 is 4.98 Å². The Morgan fingerprint density at radius 3 is 2.42 bits per heavy atom. The van der Waals surface area contributed by atoms with E-state index in [1.54, 1.807) is 6.07 Å². The summed E-state index contributed by atoms with van der Waals surface area (Å²) in [6.45, 7) is 2.15. The summed E-state index contributed by atoms with van der Waals surface area (Å²) < 4.78 is 1.32. The van der Waals surface area contributed by atoms with Gasteiger partial charge in [0.05, 0.1) is 0 Å². The zero-order valence-electron chi connectivity index (χ0n) is 14.6. The molecule has 2 aromatic heterocycles. The highest BCUT2D eigenvalue weighted by Crippen LogP contribution is 2.14. The number of aromatic amines is 1. The Balaban J connectivity index is 1.59. The Kier molecular flexibility index (Phi) is 4.35.